The van der Waals surface area contributed by atoms with Crippen molar-refractivity contribution in [2.45, 2.75) is 6.54 Å². The lowest BCUT2D eigenvalue weighted by Crippen LogP contribution is -2.36. The second kappa shape index (κ2) is 6.58. The van der Waals surface area contributed by atoms with E-state index >= 15 is 0 Å². The lowest BCUT2D eigenvalue weighted by Gasteiger charge is -2.25. The van der Waals surface area contributed by atoms with Gasteiger partial charge in [-0.25, -0.2) is 4.98 Å². The molecule has 3 aromatic rings. The van der Waals surface area contributed by atoms with E-state index in [1.165, 1.54) is 0 Å². The molecule has 1 aliphatic heterocycles. The molecule has 4 rings (SSSR count). The zero-order chi connectivity index (χ0) is 16.4. The molecule has 24 heavy (non-hydrogen) atoms. The fourth-order valence-electron chi connectivity index (χ4n) is 2.70. The van der Waals surface area contributed by atoms with E-state index in [1.807, 2.05) is 18.3 Å². The van der Waals surface area contributed by atoms with Gasteiger partial charge in [0.1, 0.15) is 0 Å². The van der Waals surface area contributed by atoms with Gasteiger partial charge in [0.15, 0.2) is 5.13 Å². The van der Waals surface area contributed by atoms with Crippen LogP contribution in [0.5, 0.6) is 0 Å². The van der Waals surface area contributed by atoms with Crippen LogP contribution in [0.3, 0.4) is 0 Å². The Hall–Kier alpha value is -2.45. The number of hydrogen-bond acceptors (Lipinski definition) is 6. The highest BCUT2D eigenvalue weighted by atomic mass is 32.1. The molecule has 1 fully saturated rings. The van der Waals surface area contributed by atoms with Gasteiger partial charge in [-0.2, -0.15) is 5.10 Å². The number of aromatic nitrogens is 3. The summed E-state index contributed by atoms with van der Waals surface area (Å²) in [4.78, 5) is 20.1. The van der Waals surface area contributed by atoms with Crippen molar-refractivity contribution in [1.29, 1.82) is 0 Å². The van der Waals surface area contributed by atoms with Crippen LogP contribution >= 0.6 is 11.3 Å². The predicted molar refractivity (Wildman–Crippen MR) is 92.4 cm³/mol. The van der Waals surface area contributed by atoms with Gasteiger partial charge in [-0.3, -0.25) is 9.89 Å². The molecule has 7 nitrogen and oxygen atoms in total. The van der Waals surface area contributed by atoms with Crippen molar-refractivity contribution < 1.29 is 9.53 Å². The predicted octanol–water partition coefficient (Wildman–Crippen LogP) is 1.79. The van der Waals surface area contributed by atoms with Crippen molar-refractivity contribution in [2.24, 2.45) is 0 Å². The number of aromatic amines is 1. The lowest BCUT2D eigenvalue weighted by atomic mass is 10.1. The second-order valence-corrected chi connectivity index (χ2v) is 6.62. The van der Waals surface area contributed by atoms with Gasteiger partial charge < -0.3 is 15.0 Å². The van der Waals surface area contributed by atoms with Crippen LogP contribution in [0.4, 0.5) is 5.13 Å². The number of thiazole rings is 1. The minimum absolute atomic E-state index is 0.119. The van der Waals surface area contributed by atoms with Crippen molar-refractivity contribution in [3.63, 3.8) is 0 Å². The highest BCUT2D eigenvalue weighted by Gasteiger charge is 2.15. The van der Waals surface area contributed by atoms with Crippen LogP contribution in [-0.2, 0) is 11.3 Å². The number of hydrogen-bond donors (Lipinski definition) is 2. The molecule has 3 heterocycles. The van der Waals surface area contributed by atoms with Gasteiger partial charge in [-0.1, -0.05) is 12.1 Å². The van der Waals surface area contributed by atoms with Gasteiger partial charge >= 0.3 is 0 Å². The van der Waals surface area contributed by atoms with E-state index in [2.05, 4.69) is 25.4 Å². The van der Waals surface area contributed by atoms with Gasteiger partial charge in [0.2, 0.25) is 0 Å². The number of morpholine rings is 1. The number of carbonyl (C=O) groups excluding carboxylic acids is 1. The zero-order valence-electron chi connectivity index (χ0n) is 13.0. The number of rotatable bonds is 4. The number of anilines is 1. The third-order valence-corrected chi connectivity index (χ3v) is 5.03. The number of carbonyl (C=O) groups is 1. The molecule has 0 aliphatic carbocycles. The summed E-state index contributed by atoms with van der Waals surface area (Å²) in [5.74, 6) is -0.119. The van der Waals surface area contributed by atoms with Crippen molar-refractivity contribution in [3.8, 4) is 0 Å². The quantitative estimate of drug-likeness (QED) is 0.754. The molecule has 8 heteroatoms. The summed E-state index contributed by atoms with van der Waals surface area (Å²) >= 11 is 1.61. The molecule has 0 bridgehead atoms. The normalized spacial score (nSPS) is 14.9. The standard InChI is InChI=1S/C16H17N5O2S/c22-15(13-3-1-2-11-8-19-20-14(11)13)17-9-12-10-18-16(24-12)21-4-6-23-7-5-21/h1-3,8,10H,4-7,9H2,(H,17,22)(H,19,20). The van der Waals surface area contributed by atoms with Gasteiger partial charge in [0.25, 0.3) is 5.91 Å². The maximum absolute atomic E-state index is 12.4. The fourth-order valence-corrected chi connectivity index (χ4v) is 3.60. The van der Waals surface area contributed by atoms with Crippen molar-refractivity contribution in [1.82, 2.24) is 20.5 Å². The molecule has 2 aromatic heterocycles. The number of ether oxygens (including phenoxy) is 1. The molecule has 124 valence electrons. The van der Waals surface area contributed by atoms with Crippen LogP contribution in [0.15, 0.2) is 30.6 Å². The van der Waals surface area contributed by atoms with Crippen LogP contribution in [0, 0.1) is 0 Å². The van der Waals surface area contributed by atoms with Crippen LogP contribution in [0.25, 0.3) is 10.9 Å². The molecule has 2 N–H and O–H groups in total. The summed E-state index contributed by atoms with van der Waals surface area (Å²) in [6.07, 6.45) is 3.54. The van der Waals surface area contributed by atoms with E-state index in [9.17, 15) is 4.79 Å². The summed E-state index contributed by atoms with van der Waals surface area (Å²) in [6.45, 7) is 3.66. The smallest absolute Gasteiger partial charge is 0.253 e. The van der Waals surface area contributed by atoms with Crippen LogP contribution in [-0.4, -0.2) is 47.4 Å². The number of benzene rings is 1. The largest absolute Gasteiger partial charge is 0.378 e. The molecule has 1 aromatic carbocycles. The Bertz CT molecular complexity index is 853. The van der Waals surface area contributed by atoms with E-state index in [0.717, 1.165) is 47.2 Å². The maximum atomic E-state index is 12.4. The van der Waals surface area contributed by atoms with Crippen molar-refractivity contribution in [2.75, 3.05) is 31.2 Å². The number of fused-ring (bicyclic) bond motifs is 1. The van der Waals surface area contributed by atoms with Crippen LogP contribution in [0.2, 0.25) is 0 Å². The van der Waals surface area contributed by atoms with Crippen molar-refractivity contribution >= 4 is 33.3 Å². The molecule has 0 spiro atoms. The Labute approximate surface area is 142 Å². The van der Waals surface area contributed by atoms with E-state index in [0.29, 0.717) is 12.1 Å². The van der Waals surface area contributed by atoms with Gasteiger partial charge in [0, 0.05) is 29.5 Å². The Morgan fingerprint density at radius 1 is 1.33 bits per heavy atom. The topological polar surface area (TPSA) is 83.1 Å². The highest BCUT2D eigenvalue weighted by molar-refractivity contribution is 7.15. The molecular weight excluding hydrogens is 326 g/mol. The van der Waals surface area contributed by atoms with Crippen LogP contribution < -0.4 is 10.2 Å². The third-order valence-electron chi connectivity index (χ3n) is 3.97. The average Bonchev–Trinajstić information content (AvgIpc) is 3.29. The average molecular weight is 343 g/mol. The third kappa shape index (κ3) is 2.98. The fraction of sp³-hybridized carbons (Fsp3) is 0.312. The number of nitrogens with one attached hydrogen (secondary N) is 2. The Morgan fingerprint density at radius 3 is 3.08 bits per heavy atom. The zero-order valence-corrected chi connectivity index (χ0v) is 13.8. The first-order valence-corrected chi connectivity index (χ1v) is 8.60. The monoisotopic (exact) mass is 343 g/mol. The van der Waals surface area contributed by atoms with Gasteiger partial charge in [0.05, 0.1) is 37.0 Å². The number of nitrogens with zero attached hydrogens (tertiary/aromatic N) is 3. The van der Waals surface area contributed by atoms with Crippen LogP contribution in [0.1, 0.15) is 15.2 Å². The maximum Gasteiger partial charge on any atom is 0.253 e. The minimum atomic E-state index is -0.119. The number of H-pyrrole nitrogens is 1. The van der Waals surface area contributed by atoms with E-state index in [1.54, 1.807) is 23.6 Å². The Balaban J connectivity index is 1.42. The Kier molecular flexibility index (Phi) is 4.14. The van der Waals surface area contributed by atoms with Crippen molar-refractivity contribution in [3.05, 3.63) is 41.0 Å². The summed E-state index contributed by atoms with van der Waals surface area (Å²) in [5.41, 5.74) is 1.36. The first kappa shape index (κ1) is 15.1. The molecule has 0 radical (unpaired) electrons. The molecule has 0 saturated carbocycles. The first-order valence-electron chi connectivity index (χ1n) is 7.79. The summed E-state index contributed by atoms with van der Waals surface area (Å²) in [5, 5.41) is 11.7. The first-order chi connectivity index (χ1) is 11.8. The number of para-hydroxylation sites is 1. The van der Waals surface area contributed by atoms with E-state index in [4.69, 9.17) is 4.74 Å². The molecule has 0 atom stereocenters. The summed E-state index contributed by atoms with van der Waals surface area (Å²) in [6, 6.07) is 5.57. The molecule has 1 amide bonds. The SMILES string of the molecule is O=C(NCc1cnc(N2CCOCC2)s1)c1cccc2cn[nH]c12. The van der Waals surface area contributed by atoms with Gasteiger partial charge in [-0.05, 0) is 6.07 Å². The molecular formula is C16H17N5O2S. The lowest BCUT2D eigenvalue weighted by molar-refractivity contribution is 0.0952. The molecule has 1 saturated heterocycles. The Morgan fingerprint density at radius 2 is 2.21 bits per heavy atom. The summed E-state index contributed by atoms with van der Waals surface area (Å²) < 4.78 is 5.35. The molecule has 1 aliphatic rings. The van der Waals surface area contributed by atoms with E-state index < -0.39 is 0 Å². The second-order valence-electron chi connectivity index (χ2n) is 5.53. The summed E-state index contributed by atoms with van der Waals surface area (Å²) in [7, 11) is 0. The number of amides is 1. The van der Waals surface area contributed by atoms with E-state index in [-0.39, 0.29) is 5.91 Å². The highest BCUT2D eigenvalue weighted by Crippen LogP contribution is 2.23. The minimum Gasteiger partial charge on any atom is -0.378 e. The van der Waals surface area contributed by atoms with Gasteiger partial charge in [-0.15, -0.1) is 11.3 Å². The molecule has 0 unspecified atom stereocenters.